The van der Waals surface area contributed by atoms with Crippen molar-refractivity contribution in [3.8, 4) is 0 Å². The first-order valence-electron chi connectivity index (χ1n) is 9.95. The number of piperazine rings is 1. The first-order valence-corrected chi connectivity index (χ1v) is 9.95. The average Bonchev–Trinajstić information content (AvgIpc) is 3.44. The van der Waals surface area contributed by atoms with Gasteiger partial charge in [-0.25, -0.2) is 0 Å². The zero-order valence-corrected chi connectivity index (χ0v) is 15.7. The van der Waals surface area contributed by atoms with E-state index >= 15 is 0 Å². The largest absolute Gasteiger partial charge is 0.459 e. The van der Waals surface area contributed by atoms with Crippen LogP contribution in [0, 0.1) is 17.8 Å². The van der Waals surface area contributed by atoms with Gasteiger partial charge in [-0.15, -0.1) is 0 Å². The zero-order chi connectivity index (χ0) is 19.0. The predicted molar refractivity (Wildman–Crippen MR) is 97.7 cm³/mol. The summed E-state index contributed by atoms with van der Waals surface area (Å²) in [6.07, 6.45) is 6.50. The molecule has 146 valence electrons. The van der Waals surface area contributed by atoms with E-state index in [-0.39, 0.29) is 11.9 Å². The molecule has 2 bridgehead atoms. The lowest BCUT2D eigenvalue weighted by atomic mass is 9.84. The summed E-state index contributed by atoms with van der Waals surface area (Å²) in [5.41, 5.74) is 0. The minimum absolute atomic E-state index is 0.0403. The number of hydrogen-bond acceptors (Lipinski definition) is 4. The van der Waals surface area contributed by atoms with Crippen LogP contribution >= 0.6 is 0 Å². The van der Waals surface area contributed by atoms with Crippen LogP contribution in [0.3, 0.4) is 0 Å². The smallest absolute Gasteiger partial charge is 0.312 e. The van der Waals surface area contributed by atoms with Gasteiger partial charge in [-0.2, -0.15) is 0 Å². The molecule has 0 spiro atoms. The van der Waals surface area contributed by atoms with Gasteiger partial charge >= 0.3 is 11.8 Å². The second-order valence-electron chi connectivity index (χ2n) is 8.16. The topological polar surface area (TPSA) is 82.9 Å². The minimum Gasteiger partial charge on any atom is -0.459 e. The van der Waals surface area contributed by atoms with Crippen LogP contribution in [-0.2, 0) is 9.59 Å². The van der Waals surface area contributed by atoms with Crippen molar-refractivity contribution in [2.45, 2.75) is 38.6 Å². The monoisotopic (exact) mass is 373 g/mol. The van der Waals surface area contributed by atoms with E-state index in [1.54, 1.807) is 17.0 Å². The highest BCUT2D eigenvalue weighted by Crippen LogP contribution is 2.49. The Hall–Kier alpha value is -2.31. The molecule has 2 heterocycles. The van der Waals surface area contributed by atoms with Gasteiger partial charge in [0.25, 0.3) is 5.91 Å². The summed E-state index contributed by atoms with van der Waals surface area (Å²) < 4.78 is 5.14. The molecule has 1 aliphatic heterocycles. The second kappa shape index (κ2) is 7.37. The molecule has 7 nitrogen and oxygen atoms in total. The van der Waals surface area contributed by atoms with Gasteiger partial charge in [0.15, 0.2) is 5.76 Å². The van der Waals surface area contributed by atoms with Crippen molar-refractivity contribution in [2.24, 2.45) is 17.8 Å². The van der Waals surface area contributed by atoms with Gasteiger partial charge in [-0.1, -0.05) is 6.42 Å². The number of nitrogens with one attached hydrogen (secondary N) is 1. The molecule has 7 heteroatoms. The van der Waals surface area contributed by atoms with Crippen LogP contribution < -0.4 is 5.32 Å². The fraction of sp³-hybridized carbons (Fsp3) is 0.650. The van der Waals surface area contributed by atoms with Crippen LogP contribution in [0.15, 0.2) is 22.8 Å². The second-order valence-corrected chi connectivity index (χ2v) is 8.16. The fourth-order valence-corrected chi connectivity index (χ4v) is 5.09. The normalized spacial score (nSPS) is 28.3. The highest BCUT2D eigenvalue weighted by molar-refractivity contribution is 6.35. The summed E-state index contributed by atoms with van der Waals surface area (Å²) in [6, 6.07) is 3.34. The van der Waals surface area contributed by atoms with Crippen molar-refractivity contribution < 1.29 is 18.8 Å². The lowest BCUT2D eigenvalue weighted by Crippen LogP contribution is -2.55. The van der Waals surface area contributed by atoms with E-state index < -0.39 is 11.8 Å². The van der Waals surface area contributed by atoms with Gasteiger partial charge in [-0.05, 0) is 56.1 Å². The van der Waals surface area contributed by atoms with E-state index in [4.69, 9.17) is 4.42 Å². The molecule has 0 radical (unpaired) electrons. The molecule has 1 aromatic heterocycles. The molecule has 2 saturated carbocycles. The van der Waals surface area contributed by atoms with Crippen molar-refractivity contribution >= 4 is 17.7 Å². The number of carbonyl (C=O) groups excluding carboxylic acids is 3. The van der Waals surface area contributed by atoms with Gasteiger partial charge < -0.3 is 19.5 Å². The number of rotatable bonds is 3. The molecule has 1 N–H and O–H groups in total. The van der Waals surface area contributed by atoms with E-state index in [1.807, 2.05) is 6.92 Å². The van der Waals surface area contributed by atoms with Gasteiger partial charge in [0, 0.05) is 32.2 Å². The molecule has 3 amide bonds. The predicted octanol–water partition coefficient (Wildman–Crippen LogP) is 1.50. The lowest BCUT2D eigenvalue weighted by molar-refractivity contribution is -0.147. The van der Waals surface area contributed by atoms with E-state index in [2.05, 4.69) is 5.32 Å². The maximum Gasteiger partial charge on any atom is 0.312 e. The number of fused-ring (bicyclic) bond motifs is 2. The summed E-state index contributed by atoms with van der Waals surface area (Å²) in [4.78, 5) is 40.4. The molecule has 4 unspecified atom stereocenters. The minimum atomic E-state index is -0.518. The van der Waals surface area contributed by atoms with E-state index in [9.17, 15) is 14.4 Å². The summed E-state index contributed by atoms with van der Waals surface area (Å²) in [5, 5.41) is 2.93. The summed E-state index contributed by atoms with van der Waals surface area (Å²) in [7, 11) is 0. The number of carbonyl (C=O) groups is 3. The standard InChI is InChI=1S/C20H27N3O4/c1-13(16-12-14-4-5-15(16)11-14)21-18(24)20(26)23-8-6-22(7-9-23)19(25)17-3-2-10-27-17/h2-3,10,13-16H,4-9,11-12H2,1H3,(H,21,24). The van der Waals surface area contributed by atoms with Gasteiger partial charge in [-0.3, -0.25) is 14.4 Å². The first-order chi connectivity index (χ1) is 13.0. The molecule has 3 fully saturated rings. The van der Waals surface area contributed by atoms with Crippen molar-refractivity contribution in [1.82, 2.24) is 15.1 Å². The maximum absolute atomic E-state index is 12.5. The highest BCUT2D eigenvalue weighted by atomic mass is 16.3. The van der Waals surface area contributed by atoms with Gasteiger partial charge in [0.05, 0.1) is 6.26 Å². The Morgan fingerprint density at radius 3 is 2.44 bits per heavy atom. The molecule has 1 aromatic rings. The average molecular weight is 373 g/mol. The van der Waals surface area contributed by atoms with Gasteiger partial charge in [0.2, 0.25) is 0 Å². The molecule has 0 aromatic carbocycles. The third-order valence-corrected chi connectivity index (χ3v) is 6.57. The Bertz CT molecular complexity index is 709. The lowest BCUT2D eigenvalue weighted by Gasteiger charge is -2.34. The Morgan fingerprint density at radius 2 is 1.85 bits per heavy atom. The van der Waals surface area contributed by atoms with Crippen LogP contribution in [0.25, 0.3) is 0 Å². The van der Waals surface area contributed by atoms with Crippen LogP contribution in [-0.4, -0.2) is 59.7 Å². The Labute approximate surface area is 159 Å². The quantitative estimate of drug-likeness (QED) is 0.814. The summed E-state index contributed by atoms with van der Waals surface area (Å²) in [6.45, 7) is 3.56. The number of amides is 3. The number of hydrogen-bond donors (Lipinski definition) is 1. The molecular weight excluding hydrogens is 346 g/mol. The van der Waals surface area contributed by atoms with Crippen LogP contribution in [0.4, 0.5) is 0 Å². The van der Waals surface area contributed by atoms with E-state index in [0.717, 1.165) is 5.92 Å². The van der Waals surface area contributed by atoms with Crippen LogP contribution in [0.5, 0.6) is 0 Å². The Kier molecular flexibility index (Phi) is 4.93. The molecule has 2 aliphatic carbocycles. The molecular formula is C20H27N3O4. The van der Waals surface area contributed by atoms with Crippen molar-refractivity contribution in [3.05, 3.63) is 24.2 Å². The first kappa shape index (κ1) is 18.1. The third-order valence-electron chi connectivity index (χ3n) is 6.57. The molecule has 3 aliphatic rings. The molecule has 4 atom stereocenters. The van der Waals surface area contributed by atoms with Crippen molar-refractivity contribution in [1.29, 1.82) is 0 Å². The third kappa shape index (κ3) is 3.59. The van der Waals surface area contributed by atoms with E-state index in [0.29, 0.717) is 43.8 Å². The molecule has 27 heavy (non-hydrogen) atoms. The summed E-state index contributed by atoms with van der Waals surface area (Å²) >= 11 is 0. The van der Waals surface area contributed by atoms with Crippen LogP contribution in [0.1, 0.15) is 43.2 Å². The fourth-order valence-electron chi connectivity index (χ4n) is 5.09. The Morgan fingerprint density at radius 1 is 1.11 bits per heavy atom. The van der Waals surface area contributed by atoms with Crippen LogP contribution in [0.2, 0.25) is 0 Å². The number of furan rings is 1. The summed E-state index contributed by atoms with van der Waals surface area (Å²) in [5.74, 6) is 1.13. The zero-order valence-electron chi connectivity index (χ0n) is 15.7. The molecule has 1 saturated heterocycles. The van der Waals surface area contributed by atoms with Gasteiger partial charge in [0.1, 0.15) is 0 Å². The maximum atomic E-state index is 12.5. The SMILES string of the molecule is CC(NC(=O)C(=O)N1CCN(C(=O)c2ccco2)CC1)C1CC2CCC1C2. The molecule has 4 rings (SSSR count). The highest BCUT2D eigenvalue weighted by Gasteiger charge is 2.42. The van der Waals surface area contributed by atoms with E-state index in [1.165, 1.54) is 36.8 Å². The van der Waals surface area contributed by atoms with Crippen molar-refractivity contribution in [3.63, 3.8) is 0 Å². The number of nitrogens with zero attached hydrogens (tertiary/aromatic N) is 2. The Balaban J connectivity index is 1.26. The van der Waals surface area contributed by atoms with Crippen molar-refractivity contribution in [2.75, 3.05) is 26.2 Å².